The minimum atomic E-state index is -0.144. The third-order valence-corrected chi connectivity index (χ3v) is 4.88. The number of hydrogen-bond donors (Lipinski definition) is 1. The Balaban J connectivity index is 1.62. The third-order valence-electron chi connectivity index (χ3n) is 4.39. The molecule has 1 N–H and O–H groups in total. The summed E-state index contributed by atoms with van der Waals surface area (Å²) in [5.41, 5.74) is 0.785. The standard InChI is InChI=1S/C20H15BrN2O3/c21-14-8-9-17-16(12-14)19(22-25)20(24)23(17)10-11-26-18-7-3-5-13-4-1-2-6-15(13)18/h1-9,12,24H,10-11H2. The van der Waals surface area contributed by atoms with Gasteiger partial charge in [-0.05, 0) is 34.8 Å². The highest BCUT2D eigenvalue weighted by Crippen LogP contribution is 2.39. The molecule has 4 aromatic rings. The van der Waals surface area contributed by atoms with Gasteiger partial charge in [0.2, 0.25) is 5.88 Å². The van der Waals surface area contributed by atoms with Crippen molar-refractivity contribution in [2.75, 3.05) is 6.61 Å². The van der Waals surface area contributed by atoms with E-state index in [1.807, 2.05) is 54.6 Å². The van der Waals surface area contributed by atoms with Gasteiger partial charge in [-0.3, -0.25) is 0 Å². The summed E-state index contributed by atoms with van der Waals surface area (Å²) in [6, 6.07) is 19.4. The van der Waals surface area contributed by atoms with Crippen LogP contribution in [0.15, 0.2) is 70.3 Å². The Bertz CT molecular complexity index is 1120. The van der Waals surface area contributed by atoms with E-state index >= 15 is 0 Å². The number of fused-ring (bicyclic) bond motifs is 2. The zero-order valence-corrected chi connectivity index (χ0v) is 15.3. The van der Waals surface area contributed by atoms with Crippen LogP contribution in [0.25, 0.3) is 21.7 Å². The molecule has 1 aromatic heterocycles. The summed E-state index contributed by atoms with van der Waals surface area (Å²) in [5.74, 6) is 0.644. The lowest BCUT2D eigenvalue weighted by atomic mass is 10.1. The number of ether oxygens (including phenoxy) is 1. The normalized spacial score (nSPS) is 11.1. The molecule has 0 aliphatic heterocycles. The van der Waals surface area contributed by atoms with Crippen LogP contribution in [0.2, 0.25) is 0 Å². The van der Waals surface area contributed by atoms with E-state index in [4.69, 9.17) is 4.74 Å². The van der Waals surface area contributed by atoms with Crippen LogP contribution in [0.4, 0.5) is 5.69 Å². The second kappa shape index (κ2) is 6.80. The summed E-state index contributed by atoms with van der Waals surface area (Å²) in [6.07, 6.45) is 0. The van der Waals surface area contributed by atoms with Gasteiger partial charge in [-0.1, -0.05) is 52.3 Å². The van der Waals surface area contributed by atoms with Crippen molar-refractivity contribution in [3.8, 4) is 11.6 Å². The fourth-order valence-electron chi connectivity index (χ4n) is 3.18. The molecule has 4 rings (SSSR count). The summed E-state index contributed by atoms with van der Waals surface area (Å²) in [7, 11) is 0. The van der Waals surface area contributed by atoms with Crippen LogP contribution in [0.3, 0.4) is 0 Å². The maximum Gasteiger partial charge on any atom is 0.222 e. The molecule has 0 fully saturated rings. The number of aromatic hydroxyl groups is 1. The first-order valence-corrected chi connectivity index (χ1v) is 8.93. The van der Waals surface area contributed by atoms with Crippen molar-refractivity contribution >= 4 is 43.3 Å². The van der Waals surface area contributed by atoms with Crippen molar-refractivity contribution in [2.24, 2.45) is 5.18 Å². The van der Waals surface area contributed by atoms with Crippen molar-refractivity contribution in [3.63, 3.8) is 0 Å². The topological polar surface area (TPSA) is 63.8 Å². The Morgan fingerprint density at radius 3 is 2.69 bits per heavy atom. The second-order valence-corrected chi connectivity index (χ2v) is 6.82. The summed E-state index contributed by atoms with van der Waals surface area (Å²) < 4.78 is 8.40. The van der Waals surface area contributed by atoms with Gasteiger partial charge in [0.1, 0.15) is 12.4 Å². The van der Waals surface area contributed by atoms with E-state index in [1.54, 1.807) is 10.6 Å². The molecule has 0 bridgehead atoms. The maximum atomic E-state index is 11.1. The number of aromatic nitrogens is 1. The van der Waals surface area contributed by atoms with Gasteiger partial charge in [-0.2, -0.15) is 0 Å². The second-order valence-electron chi connectivity index (χ2n) is 5.90. The van der Waals surface area contributed by atoms with Crippen molar-refractivity contribution in [2.45, 2.75) is 6.54 Å². The van der Waals surface area contributed by atoms with Gasteiger partial charge < -0.3 is 14.4 Å². The molecule has 0 aliphatic rings. The Morgan fingerprint density at radius 1 is 1.04 bits per heavy atom. The first-order chi connectivity index (χ1) is 12.7. The van der Waals surface area contributed by atoms with Gasteiger partial charge in [0, 0.05) is 15.2 Å². The van der Waals surface area contributed by atoms with Crippen LogP contribution >= 0.6 is 15.9 Å². The highest BCUT2D eigenvalue weighted by atomic mass is 79.9. The minimum absolute atomic E-state index is 0.0476. The summed E-state index contributed by atoms with van der Waals surface area (Å²) >= 11 is 3.38. The van der Waals surface area contributed by atoms with Gasteiger partial charge in [-0.25, -0.2) is 0 Å². The molecular weight excluding hydrogens is 396 g/mol. The summed E-state index contributed by atoms with van der Waals surface area (Å²) in [6.45, 7) is 0.739. The highest BCUT2D eigenvalue weighted by Gasteiger charge is 2.17. The highest BCUT2D eigenvalue weighted by molar-refractivity contribution is 9.10. The first kappa shape index (κ1) is 16.6. The lowest BCUT2D eigenvalue weighted by molar-refractivity contribution is 0.293. The molecule has 1 heterocycles. The molecule has 0 aliphatic carbocycles. The van der Waals surface area contributed by atoms with Crippen LogP contribution < -0.4 is 4.74 Å². The van der Waals surface area contributed by atoms with Gasteiger partial charge >= 0.3 is 0 Å². The largest absolute Gasteiger partial charge is 0.493 e. The predicted molar refractivity (Wildman–Crippen MR) is 106 cm³/mol. The molecule has 0 amide bonds. The maximum absolute atomic E-state index is 11.1. The van der Waals surface area contributed by atoms with Crippen molar-refractivity contribution < 1.29 is 9.84 Å². The monoisotopic (exact) mass is 410 g/mol. The molecular formula is C20H15BrN2O3. The first-order valence-electron chi connectivity index (χ1n) is 8.13. The zero-order chi connectivity index (χ0) is 18.1. The van der Waals surface area contributed by atoms with E-state index < -0.39 is 0 Å². The van der Waals surface area contributed by atoms with E-state index in [1.165, 1.54) is 0 Å². The molecule has 0 saturated carbocycles. The Morgan fingerprint density at radius 2 is 1.85 bits per heavy atom. The van der Waals surface area contributed by atoms with E-state index in [9.17, 15) is 10.0 Å². The summed E-state index contributed by atoms with van der Waals surface area (Å²) in [4.78, 5) is 11.1. The lowest BCUT2D eigenvalue weighted by Crippen LogP contribution is -2.07. The van der Waals surface area contributed by atoms with Crippen LogP contribution in [-0.4, -0.2) is 16.3 Å². The van der Waals surface area contributed by atoms with Crippen molar-refractivity contribution in [1.82, 2.24) is 4.57 Å². The quantitative estimate of drug-likeness (QED) is 0.426. The Kier molecular flexibility index (Phi) is 4.34. The van der Waals surface area contributed by atoms with Gasteiger partial charge in [0.25, 0.3) is 0 Å². The Hall–Kier alpha value is -2.86. The molecule has 0 spiro atoms. The summed E-state index contributed by atoms with van der Waals surface area (Å²) in [5, 5.41) is 16.1. The SMILES string of the molecule is O=Nc1c(O)n(CCOc2cccc3ccccc23)c2ccc(Br)cc12. The van der Waals surface area contributed by atoms with Crippen molar-refractivity contribution in [1.29, 1.82) is 0 Å². The molecule has 0 atom stereocenters. The average Bonchev–Trinajstić information content (AvgIpc) is 2.92. The van der Waals surface area contributed by atoms with E-state index in [2.05, 4.69) is 21.1 Å². The average molecular weight is 411 g/mol. The van der Waals surface area contributed by atoms with Crippen LogP contribution in [-0.2, 0) is 6.54 Å². The van der Waals surface area contributed by atoms with Gasteiger partial charge in [0.05, 0.1) is 12.1 Å². The predicted octanol–water partition coefficient (Wildman–Crippen LogP) is 5.74. The molecule has 5 nitrogen and oxygen atoms in total. The van der Waals surface area contributed by atoms with Crippen LogP contribution in [0, 0.1) is 4.91 Å². The smallest absolute Gasteiger partial charge is 0.222 e. The van der Waals surface area contributed by atoms with E-state index in [-0.39, 0.29) is 11.6 Å². The van der Waals surface area contributed by atoms with Crippen LogP contribution in [0.5, 0.6) is 11.6 Å². The molecule has 0 radical (unpaired) electrons. The van der Waals surface area contributed by atoms with E-state index in [0.717, 1.165) is 26.5 Å². The molecule has 0 saturated heterocycles. The fourth-order valence-corrected chi connectivity index (χ4v) is 3.54. The number of nitroso groups, excluding NO2 is 1. The number of nitrogens with zero attached hydrogens (tertiary/aromatic N) is 2. The molecule has 6 heteroatoms. The van der Waals surface area contributed by atoms with Crippen molar-refractivity contribution in [3.05, 3.63) is 70.0 Å². The minimum Gasteiger partial charge on any atom is -0.493 e. The molecule has 26 heavy (non-hydrogen) atoms. The lowest BCUT2D eigenvalue weighted by Gasteiger charge is -2.11. The molecule has 0 unspecified atom stereocenters. The fraction of sp³-hybridized carbons (Fsp3) is 0.100. The van der Waals surface area contributed by atoms with Crippen LogP contribution in [0.1, 0.15) is 0 Å². The molecule has 130 valence electrons. The molecule has 3 aromatic carbocycles. The van der Waals surface area contributed by atoms with Gasteiger partial charge in [0.15, 0.2) is 5.69 Å². The zero-order valence-electron chi connectivity index (χ0n) is 13.7. The Labute approximate surface area is 157 Å². The number of halogens is 1. The van der Waals surface area contributed by atoms with E-state index in [0.29, 0.717) is 18.5 Å². The number of hydrogen-bond acceptors (Lipinski definition) is 4. The third kappa shape index (κ3) is 2.82. The number of rotatable bonds is 5. The van der Waals surface area contributed by atoms with Gasteiger partial charge in [-0.15, -0.1) is 4.91 Å². The number of benzene rings is 3.